The molecule has 0 aliphatic carbocycles. The first-order chi connectivity index (χ1) is 7.08. The lowest BCUT2D eigenvalue weighted by Gasteiger charge is -2.06. The van der Waals surface area contributed by atoms with Gasteiger partial charge in [0.25, 0.3) is 0 Å². The number of amides is 1. The molecule has 0 bridgehead atoms. The molecule has 84 valence electrons. The van der Waals surface area contributed by atoms with Crippen LogP contribution in [-0.4, -0.2) is 33.4 Å². The van der Waals surface area contributed by atoms with E-state index in [0.29, 0.717) is 12.4 Å². The van der Waals surface area contributed by atoms with Gasteiger partial charge in [0, 0.05) is 7.05 Å². The summed E-state index contributed by atoms with van der Waals surface area (Å²) in [6.45, 7) is 4.17. The van der Waals surface area contributed by atoms with Gasteiger partial charge in [-0.25, -0.2) is 4.98 Å². The molecule has 0 saturated heterocycles. The summed E-state index contributed by atoms with van der Waals surface area (Å²) < 4.78 is 6.73. The van der Waals surface area contributed by atoms with Crippen molar-refractivity contribution < 1.29 is 9.53 Å². The largest absolute Gasteiger partial charge is 0.369 e. The maximum absolute atomic E-state index is 11.2. The van der Waals surface area contributed by atoms with E-state index >= 15 is 0 Å². The molecule has 0 atom stereocenters. The number of rotatable bonds is 5. The first-order valence-corrected chi connectivity index (χ1v) is 4.80. The number of aromatic nitrogens is 3. The summed E-state index contributed by atoms with van der Waals surface area (Å²) in [6, 6.07) is 0. The summed E-state index contributed by atoms with van der Waals surface area (Å²) >= 11 is 0. The minimum Gasteiger partial charge on any atom is -0.369 e. The maximum Gasteiger partial charge on any atom is 0.246 e. The molecule has 1 aromatic rings. The van der Waals surface area contributed by atoms with Gasteiger partial charge >= 0.3 is 0 Å². The van der Waals surface area contributed by atoms with Crippen LogP contribution in [0.4, 0.5) is 0 Å². The average molecular weight is 212 g/mol. The van der Waals surface area contributed by atoms with Crippen molar-refractivity contribution in [2.24, 2.45) is 7.05 Å². The Bertz CT molecular complexity index is 322. The highest BCUT2D eigenvalue weighted by molar-refractivity contribution is 5.77. The second-order valence-electron chi connectivity index (χ2n) is 3.47. The van der Waals surface area contributed by atoms with Gasteiger partial charge in [0.05, 0.1) is 12.6 Å². The number of hydrogen-bond acceptors (Lipinski definition) is 4. The lowest BCUT2D eigenvalue weighted by atomic mass is 10.5. The van der Waals surface area contributed by atoms with E-state index < -0.39 is 0 Å². The zero-order chi connectivity index (χ0) is 11.3. The second-order valence-corrected chi connectivity index (χ2v) is 3.47. The highest BCUT2D eigenvalue weighted by atomic mass is 16.5. The SMILES string of the molecule is CC(C)OCC(=O)NCc1ncn(C)n1. The minimum atomic E-state index is -0.156. The third-order valence-corrected chi connectivity index (χ3v) is 1.64. The van der Waals surface area contributed by atoms with E-state index in [1.54, 1.807) is 18.1 Å². The quantitative estimate of drug-likeness (QED) is 0.737. The Morgan fingerprint density at radius 1 is 1.67 bits per heavy atom. The van der Waals surface area contributed by atoms with Crippen molar-refractivity contribution in [2.75, 3.05) is 6.61 Å². The number of ether oxygens (including phenoxy) is 1. The molecule has 0 saturated carbocycles. The van der Waals surface area contributed by atoms with Crippen molar-refractivity contribution in [3.8, 4) is 0 Å². The Kier molecular flexibility index (Phi) is 4.23. The topological polar surface area (TPSA) is 69.0 Å². The zero-order valence-corrected chi connectivity index (χ0v) is 9.23. The lowest BCUT2D eigenvalue weighted by molar-refractivity contribution is -0.127. The molecule has 6 nitrogen and oxygen atoms in total. The molecular weight excluding hydrogens is 196 g/mol. The van der Waals surface area contributed by atoms with Crippen LogP contribution in [-0.2, 0) is 23.1 Å². The van der Waals surface area contributed by atoms with Crippen LogP contribution in [0.15, 0.2) is 6.33 Å². The van der Waals surface area contributed by atoms with Crippen LogP contribution in [0.1, 0.15) is 19.7 Å². The lowest BCUT2D eigenvalue weighted by Crippen LogP contribution is -2.28. The molecule has 1 heterocycles. The zero-order valence-electron chi connectivity index (χ0n) is 9.23. The standard InChI is InChI=1S/C9H16N4O2/c1-7(2)15-5-9(14)10-4-8-11-6-13(3)12-8/h6-7H,4-5H2,1-3H3,(H,10,14). The third kappa shape index (κ3) is 4.55. The highest BCUT2D eigenvalue weighted by Gasteiger charge is 2.04. The van der Waals surface area contributed by atoms with Crippen LogP contribution in [0.3, 0.4) is 0 Å². The molecule has 1 rings (SSSR count). The van der Waals surface area contributed by atoms with Crippen molar-refractivity contribution in [2.45, 2.75) is 26.5 Å². The fourth-order valence-electron chi connectivity index (χ4n) is 0.936. The molecule has 0 aromatic carbocycles. The van der Waals surface area contributed by atoms with Gasteiger partial charge in [-0.15, -0.1) is 0 Å². The van der Waals surface area contributed by atoms with Gasteiger partial charge in [-0.2, -0.15) is 5.10 Å². The van der Waals surface area contributed by atoms with Crippen molar-refractivity contribution >= 4 is 5.91 Å². The summed E-state index contributed by atoms with van der Waals surface area (Å²) in [5.41, 5.74) is 0. The fourth-order valence-corrected chi connectivity index (χ4v) is 0.936. The second kappa shape index (κ2) is 5.45. The van der Waals surface area contributed by atoms with Crippen molar-refractivity contribution in [3.63, 3.8) is 0 Å². The predicted octanol–water partition coefficient (Wildman–Crippen LogP) is -0.144. The molecule has 0 fully saturated rings. The highest BCUT2D eigenvalue weighted by Crippen LogP contribution is 1.89. The Hall–Kier alpha value is -1.43. The van der Waals surface area contributed by atoms with Crippen LogP contribution in [0.25, 0.3) is 0 Å². The van der Waals surface area contributed by atoms with E-state index in [1.807, 2.05) is 13.8 Å². The van der Waals surface area contributed by atoms with E-state index in [4.69, 9.17) is 4.74 Å². The summed E-state index contributed by atoms with van der Waals surface area (Å²) in [4.78, 5) is 15.2. The molecule has 0 unspecified atom stereocenters. The molecular formula is C9H16N4O2. The van der Waals surface area contributed by atoms with E-state index in [2.05, 4.69) is 15.4 Å². The van der Waals surface area contributed by atoms with E-state index in [1.165, 1.54) is 0 Å². The fraction of sp³-hybridized carbons (Fsp3) is 0.667. The third-order valence-electron chi connectivity index (χ3n) is 1.64. The van der Waals surface area contributed by atoms with Gasteiger partial charge in [-0.1, -0.05) is 0 Å². The predicted molar refractivity (Wildman–Crippen MR) is 53.9 cm³/mol. The van der Waals surface area contributed by atoms with E-state index in [-0.39, 0.29) is 18.6 Å². The van der Waals surface area contributed by atoms with Gasteiger partial charge in [0.1, 0.15) is 12.9 Å². The molecule has 0 aliphatic heterocycles. The molecule has 0 spiro atoms. The minimum absolute atomic E-state index is 0.0590. The maximum atomic E-state index is 11.2. The Morgan fingerprint density at radius 2 is 2.40 bits per heavy atom. The number of nitrogens with zero attached hydrogens (tertiary/aromatic N) is 3. The van der Waals surface area contributed by atoms with Crippen LogP contribution < -0.4 is 5.32 Å². The molecule has 0 radical (unpaired) electrons. The van der Waals surface area contributed by atoms with Gasteiger partial charge in [-0.05, 0) is 13.8 Å². The van der Waals surface area contributed by atoms with Crippen LogP contribution in [0.2, 0.25) is 0 Å². The Morgan fingerprint density at radius 3 is 2.93 bits per heavy atom. The first-order valence-electron chi connectivity index (χ1n) is 4.80. The molecule has 15 heavy (non-hydrogen) atoms. The van der Waals surface area contributed by atoms with Crippen LogP contribution in [0.5, 0.6) is 0 Å². The van der Waals surface area contributed by atoms with Crippen LogP contribution >= 0.6 is 0 Å². The Labute approximate surface area is 88.6 Å². The number of carbonyl (C=O) groups excluding carboxylic acids is 1. The summed E-state index contributed by atoms with van der Waals surface area (Å²) in [6.07, 6.45) is 1.65. The van der Waals surface area contributed by atoms with Gasteiger partial charge < -0.3 is 10.1 Å². The summed E-state index contributed by atoms with van der Waals surface area (Å²) in [5.74, 6) is 0.437. The smallest absolute Gasteiger partial charge is 0.246 e. The van der Waals surface area contributed by atoms with E-state index in [0.717, 1.165) is 0 Å². The number of carbonyl (C=O) groups is 1. The van der Waals surface area contributed by atoms with Crippen molar-refractivity contribution in [1.82, 2.24) is 20.1 Å². The normalized spacial score (nSPS) is 10.7. The van der Waals surface area contributed by atoms with Crippen LogP contribution in [0, 0.1) is 0 Å². The number of hydrogen-bond donors (Lipinski definition) is 1. The monoisotopic (exact) mass is 212 g/mol. The van der Waals surface area contributed by atoms with Gasteiger partial charge in [-0.3, -0.25) is 9.48 Å². The average Bonchev–Trinajstić information content (AvgIpc) is 2.58. The summed E-state index contributed by atoms with van der Waals surface area (Å²) in [5, 5.41) is 6.69. The molecule has 6 heteroatoms. The number of nitrogens with one attached hydrogen (secondary N) is 1. The number of aryl methyl sites for hydroxylation is 1. The molecule has 1 N–H and O–H groups in total. The van der Waals surface area contributed by atoms with Crippen molar-refractivity contribution in [1.29, 1.82) is 0 Å². The molecule has 0 aliphatic rings. The summed E-state index contributed by atoms with van der Waals surface area (Å²) in [7, 11) is 1.78. The van der Waals surface area contributed by atoms with Gasteiger partial charge in [0.2, 0.25) is 5.91 Å². The first kappa shape index (κ1) is 11.6. The Balaban J connectivity index is 2.22. The molecule has 1 amide bonds. The van der Waals surface area contributed by atoms with Gasteiger partial charge in [0.15, 0.2) is 5.82 Å². The molecule has 1 aromatic heterocycles. The van der Waals surface area contributed by atoms with Crippen molar-refractivity contribution in [3.05, 3.63) is 12.2 Å². The van der Waals surface area contributed by atoms with E-state index in [9.17, 15) is 4.79 Å².